The Morgan fingerprint density at radius 1 is 1.50 bits per heavy atom. The van der Waals surface area contributed by atoms with Gasteiger partial charge in [-0.1, -0.05) is 12.1 Å². The normalized spacial score (nSPS) is 9.71. The topological polar surface area (TPSA) is 36.7 Å². The maximum absolute atomic E-state index is 8.74. The summed E-state index contributed by atoms with van der Waals surface area (Å²) in [5, 5.41) is 12.8. The zero-order valence-corrected chi connectivity index (χ0v) is 8.43. The van der Waals surface area contributed by atoms with Crippen molar-refractivity contribution < 1.29 is 0 Å². The Kier molecular flexibility index (Phi) is 2.30. The van der Waals surface area contributed by atoms with Gasteiger partial charge in [0, 0.05) is 5.56 Å². The van der Waals surface area contributed by atoms with Gasteiger partial charge in [-0.05, 0) is 19.1 Å². The van der Waals surface area contributed by atoms with E-state index >= 15 is 0 Å². The number of rotatable bonds is 1. The van der Waals surface area contributed by atoms with Crippen LogP contribution in [0.3, 0.4) is 0 Å². The molecule has 0 atom stereocenters. The second-order valence-corrected chi connectivity index (χ2v) is 3.88. The van der Waals surface area contributed by atoms with E-state index in [1.807, 2.05) is 25.1 Å². The predicted octanol–water partition coefficient (Wildman–Crippen LogP) is 2.79. The molecule has 1 heterocycles. The van der Waals surface area contributed by atoms with Crippen LogP contribution in [0.1, 0.15) is 10.6 Å². The van der Waals surface area contributed by atoms with Crippen LogP contribution in [-0.2, 0) is 0 Å². The molecule has 0 aliphatic heterocycles. The van der Waals surface area contributed by atoms with Gasteiger partial charge in [0.2, 0.25) is 0 Å². The monoisotopic (exact) mass is 199 g/mol. The first-order chi connectivity index (χ1) is 6.79. The van der Waals surface area contributed by atoms with Crippen molar-refractivity contribution in [3.05, 3.63) is 40.2 Å². The number of aryl methyl sites for hydroxylation is 1. The van der Waals surface area contributed by atoms with Gasteiger partial charge in [-0.2, -0.15) is 5.26 Å². The summed E-state index contributed by atoms with van der Waals surface area (Å²) in [5.41, 5.74) is 2.43. The van der Waals surface area contributed by atoms with Gasteiger partial charge in [-0.15, -0.1) is 11.3 Å². The highest BCUT2D eigenvalue weighted by Gasteiger charge is 2.02. The number of benzene rings is 1. The van der Waals surface area contributed by atoms with E-state index in [-0.39, 0.29) is 0 Å². The van der Waals surface area contributed by atoms with Gasteiger partial charge in [0.05, 0.1) is 27.7 Å². The van der Waals surface area contributed by atoms with Crippen LogP contribution in [0.25, 0.3) is 11.3 Å². The third-order valence-electron chi connectivity index (χ3n) is 1.83. The van der Waals surface area contributed by atoms with E-state index < -0.39 is 0 Å². The number of hydrogen-bond donors (Lipinski definition) is 0. The van der Waals surface area contributed by atoms with Crippen LogP contribution in [0.2, 0.25) is 0 Å². The highest BCUT2D eigenvalue weighted by atomic mass is 32.1. The van der Waals surface area contributed by atoms with E-state index in [2.05, 4.69) is 16.4 Å². The molecular formula is C11H7N2S. The van der Waals surface area contributed by atoms with Gasteiger partial charge >= 0.3 is 0 Å². The standard InChI is InChI=1S/C11H7N2S/c1-8-13-11(7-14-8)10-4-2-3-9(5-10)6-12/h2-5H,1H3. The molecule has 0 fully saturated rings. The molecule has 14 heavy (non-hydrogen) atoms. The van der Waals surface area contributed by atoms with Crippen molar-refractivity contribution in [1.29, 1.82) is 5.26 Å². The molecule has 0 aliphatic rings. The lowest BCUT2D eigenvalue weighted by Gasteiger charge is -1.95. The Bertz CT molecular complexity index is 494. The molecule has 3 heteroatoms. The first kappa shape index (κ1) is 8.92. The van der Waals surface area contributed by atoms with Gasteiger partial charge in [0.1, 0.15) is 0 Å². The summed E-state index contributed by atoms with van der Waals surface area (Å²) >= 11 is 1.49. The highest BCUT2D eigenvalue weighted by Crippen LogP contribution is 2.21. The summed E-state index contributed by atoms with van der Waals surface area (Å²) in [5.74, 6) is 0. The Morgan fingerprint density at radius 2 is 2.36 bits per heavy atom. The Morgan fingerprint density at radius 3 is 3.00 bits per heavy atom. The fourth-order valence-electron chi connectivity index (χ4n) is 1.18. The second-order valence-electron chi connectivity index (χ2n) is 2.88. The van der Waals surface area contributed by atoms with Gasteiger partial charge in [0.15, 0.2) is 0 Å². The molecule has 2 rings (SSSR count). The van der Waals surface area contributed by atoms with Crippen LogP contribution in [0, 0.1) is 23.6 Å². The summed E-state index contributed by atoms with van der Waals surface area (Å²) in [6.45, 7) is 1.94. The van der Waals surface area contributed by atoms with Crippen molar-refractivity contribution in [2.24, 2.45) is 0 Å². The molecule has 1 aromatic carbocycles. The minimum Gasteiger partial charge on any atom is -0.241 e. The lowest BCUT2D eigenvalue weighted by molar-refractivity contribution is 1.29. The summed E-state index contributed by atoms with van der Waals surface area (Å²) in [7, 11) is 0. The summed E-state index contributed by atoms with van der Waals surface area (Å²) < 4.78 is 0. The fourth-order valence-corrected chi connectivity index (χ4v) is 1.73. The number of hydrogen-bond acceptors (Lipinski definition) is 3. The van der Waals surface area contributed by atoms with Crippen molar-refractivity contribution in [1.82, 2.24) is 4.98 Å². The molecule has 0 N–H and O–H groups in total. The van der Waals surface area contributed by atoms with Crippen molar-refractivity contribution in [3.8, 4) is 17.3 Å². The maximum Gasteiger partial charge on any atom is 0.0991 e. The van der Waals surface area contributed by atoms with Crippen LogP contribution in [0.4, 0.5) is 0 Å². The molecule has 2 nitrogen and oxygen atoms in total. The second kappa shape index (κ2) is 3.60. The van der Waals surface area contributed by atoms with Crippen LogP contribution in [0.5, 0.6) is 0 Å². The zero-order valence-electron chi connectivity index (χ0n) is 7.61. The number of thiazole rings is 1. The van der Waals surface area contributed by atoms with Crippen molar-refractivity contribution in [2.75, 3.05) is 0 Å². The summed E-state index contributed by atoms with van der Waals surface area (Å²) in [4.78, 5) is 4.31. The smallest absolute Gasteiger partial charge is 0.0991 e. The van der Waals surface area contributed by atoms with E-state index in [1.54, 1.807) is 6.07 Å². The number of aromatic nitrogens is 1. The fraction of sp³-hybridized carbons (Fsp3) is 0.0909. The van der Waals surface area contributed by atoms with Crippen molar-refractivity contribution in [2.45, 2.75) is 6.92 Å². The maximum atomic E-state index is 8.74. The molecule has 0 amide bonds. The lowest BCUT2D eigenvalue weighted by atomic mass is 10.1. The molecular weight excluding hydrogens is 192 g/mol. The van der Waals surface area contributed by atoms with Gasteiger partial charge < -0.3 is 0 Å². The molecule has 0 spiro atoms. The molecule has 1 aromatic heterocycles. The third-order valence-corrected chi connectivity index (χ3v) is 2.51. The first-order valence-corrected chi connectivity index (χ1v) is 4.97. The van der Waals surface area contributed by atoms with E-state index in [0.29, 0.717) is 5.56 Å². The van der Waals surface area contributed by atoms with E-state index in [4.69, 9.17) is 5.26 Å². The van der Waals surface area contributed by atoms with E-state index in [1.165, 1.54) is 11.3 Å². The van der Waals surface area contributed by atoms with Gasteiger partial charge in [-0.25, -0.2) is 4.98 Å². The van der Waals surface area contributed by atoms with Crippen LogP contribution >= 0.6 is 11.3 Å². The van der Waals surface area contributed by atoms with Gasteiger partial charge in [-0.3, -0.25) is 0 Å². The highest BCUT2D eigenvalue weighted by molar-refractivity contribution is 7.09. The number of nitriles is 1. The number of nitrogens with zero attached hydrogens (tertiary/aromatic N) is 2. The van der Waals surface area contributed by atoms with E-state index in [0.717, 1.165) is 16.3 Å². The van der Waals surface area contributed by atoms with Crippen molar-refractivity contribution >= 4 is 11.3 Å². The minimum atomic E-state index is 0.654. The molecule has 0 saturated heterocycles. The van der Waals surface area contributed by atoms with Crippen LogP contribution < -0.4 is 0 Å². The average molecular weight is 199 g/mol. The molecule has 67 valence electrons. The average Bonchev–Trinajstić information content (AvgIpc) is 2.65. The molecule has 2 aromatic rings. The Hall–Kier alpha value is -1.66. The summed E-state index contributed by atoms with van der Waals surface area (Å²) in [6, 6.07) is 9.50. The molecule has 0 aliphatic carbocycles. The van der Waals surface area contributed by atoms with Gasteiger partial charge in [0.25, 0.3) is 0 Å². The lowest BCUT2D eigenvalue weighted by Crippen LogP contribution is -1.80. The molecule has 1 radical (unpaired) electrons. The van der Waals surface area contributed by atoms with E-state index in [9.17, 15) is 0 Å². The third kappa shape index (κ3) is 1.66. The minimum absolute atomic E-state index is 0.654. The SMILES string of the molecule is Cc1nc(-c2cccc(C#N)c2)[c]s1. The Labute approximate surface area is 86.5 Å². The van der Waals surface area contributed by atoms with Crippen molar-refractivity contribution in [3.63, 3.8) is 0 Å². The predicted molar refractivity (Wildman–Crippen MR) is 55.8 cm³/mol. The molecule has 0 saturated carbocycles. The molecule has 0 bridgehead atoms. The first-order valence-electron chi connectivity index (χ1n) is 4.15. The summed E-state index contributed by atoms with van der Waals surface area (Å²) in [6.07, 6.45) is 0. The largest absolute Gasteiger partial charge is 0.241 e. The van der Waals surface area contributed by atoms with Crippen LogP contribution in [0.15, 0.2) is 24.3 Å². The molecule has 0 unspecified atom stereocenters. The quantitative estimate of drug-likeness (QED) is 0.708. The Balaban J connectivity index is 2.47. The van der Waals surface area contributed by atoms with Crippen LogP contribution in [-0.4, -0.2) is 4.98 Å². The zero-order chi connectivity index (χ0) is 9.97.